The average Bonchev–Trinajstić information content (AvgIpc) is 2.88. The minimum Gasteiger partial charge on any atom is -0.490 e. The normalized spacial score (nSPS) is 15.5. The molecule has 3 aromatic rings. The Hall–Kier alpha value is -3.91. The molecule has 0 radical (unpaired) electrons. The number of rotatable bonds is 7. The highest BCUT2D eigenvalue weighted by molar-refractivity contribution is 5.95. The van der Waals surface area contributed by atoms with E-state index in [9.17, 15) is 9.59 Å². The lowest BCUT2D eigenvalue weighted by Gasteiger charge is -2.35. The molecule has 2 heterocycles. The number of aromatic nitrogens is 1. The van der Waals surface area contributed by atoms with Gasteiger partial charge in [-0.1, -0.05) is 30.3 Å². The summed E-state index contributed by atoms with van der Waals surface area (Å²) in [5.41, 5.74) is 2.20. The van der Waals surface area contributed by atoms with Gasteiger partial charge < -0.3 is 25.6 Å². The molecule has 33 heavy (non-hydrogen) atoms. The molecule has 2 aromatic carbocycles. The Labute approximate surface area is 193 Å². The molecule has 1 aromatic heterocycles. The third kappa shape index (κ3) is 6.30. The zero-order valence-electron chi connectivity index (χ0n) is 18.2. The molecule has 0 spiro atoms. The summed E-state index contributed by atoms with van der Waals surface area (Å²) in [6.45, 7) is 2.77. The van der Waals surface area contributed by atoms with Gasteiger partial charge in [0.05, 0.1) is 12.2 Å². The number of urea groups is 1. The Morgan fingerprint density at radius 2 is 1.88 bits per heavy atom. The van der Waals surface area contributed by atoms with E-state index in [1.54, 1.807) is 41.6 Å². The standard InChI is InChI=1S/C25H27N5O3/c31-24(28-15-19-5-2-1-3-6-19)20-8-10-21(11-9-20)29-25(32)30-14-13-27-16-22(30)18-33-23-7-4-12-26-17-23/h1-12,17,22,27H,13-16,18H2,(H,28,31)(H,29,32). The number of piperazine rings is 1. The van der Waals surface area contributed by atoms with Crippen LogP contribution in [-0.4, -0.2) is 54.1 Å². The maximum Gasteiger partial charge on any atom is 0.322 e. The van der Waals surface area contributed by atoms with E-state index in [0.29, 0.717) is 43.2 Å². The highest BCUT2D eigenvalue weighted by Crippen LogP contribution is 2.14. The number of nitrogens with one attached hydrogen (secondary N) is 3. The monoisotopic (exact) mass is 445 g/mol. The molecule has 8 heteroatoms. The number of anilines is 1. The lowest BCUT2D eigenvalue weighted by atomic mass is 10.1. The van der Waals surface area contributed by atoms with Crippen molar-refractivity contribution in [2.24, 2.45) is 0 Å². The molecule has 4 rings (SSSR count). The Balaban J connectivity index is 1.30. The van der Waals surface area contributed by atoms with Gasteiger partial charge >= 0.3 is 6.03 Å². The molecule has 1 unspecified atom stereocenters. The van der Waals surface area contributed by atoms with Crippen LogP contribution in [0.3, 0.4) is 0 Å². The van der Waals surface area contributed by atoms with E-state index in [-0.39, 0.29) is 18.0 Å². The van der Waals surface area contributed by atoms with Crippen molar-refractivity contribution in [1.82, 2.24) is 20.5 Å². The third-order valence-corrected chi connectivity index (χ3v) is 5.38. The van der Waals surface area contributed by atoms with Gasteiger partial charge in [0, 0.05) is 43.6 Å². The Bertz CT molecular complexity index is 1040. The van der Waals surface area contributed by atoms with E-state index in [1.807, 2.05) is 42.5 Å². The Morgan fingerprint density at radius 1 is 1.06 bits per heavy atom. The van der Waals surface area contributed by atoms with Crippen molar-refractivity contribution in [2.75, 3.05) is 31.6 Å². The van der Waals surface area contributed by atoms with Crippen LogP contribution in [0.1, 0.15) is 15.9 Å². The SMILES string of the molecule is O=C(NCc1ccccc1)c1ccc(NC(=O)N2CCNCC2COc2cccnc2)cc1. The molecular weight excluding hydrogens is 418 g/mol. The molecule has 3 N–H and O–H groups in total. The summed E-state index contributed by atoms with van der Waals surface area (Å²) >= 11 is 0. The van der Waals surface area contributed by atoms with Gasteiger partial charge in [-0.15, -0.1) is 0 Å². The lowest BCUT2D eigenvalue weighted by Crippen LogP contribution is -2.57. The van der Waals surface area contributed by atoms with E-state index < -0.39 is 0 Å². The van der Waals surface area contributed by atoms with Gasteiger partial charge in [-0.2, -0.15) is 0 Å². The molecule has 1 atom stereocenters. The topological polar surface area (TPSA) is 95.6 Å². The van der Waals surface area contributed by atoms with Crippen LogP contribution in [0.25, 0.3) is 0 Å². The Kier molecular flexibility index (Phi) is 7.50. The second kappa shape index (κ2) is 11.1. The summed E-state index contributed by atoms with van der Waals surface area (Å²) in [6.07, 6.45) is 3.34. The third-order valence-electron chi connectivity index (χ3n) is 5.38. The predicted molar refractivity (Wildman–Crippen MR) is 126 cm³/mol. The fraction of sp³-hybridized carbons (Fsp3) is 0.240. The van der Waals surface area contributed by atoms with E-state index in [2.05, 4.69) is 20.9 Å². The van der Waals surface area contributed by atoms with Gasteiger partial charge in [-0.05, 0) is 42.0 Å². The van der Waals surface area contributed by atoms with Gasteiger partial charge in [-0.3, -0.25) is 9.78 Å². The zero-order chi connectivity index (χ0) is 22.9. The van der Waals surface area contributed by atoms with Gasteiger partial charge in [0.15, 0.2) is 0 Å². The van der Waals surface area contributed by atoms with E-state index in [4.69, 9.17) is 4.74 Å². The van der Waals surface area contributed by atoms with E-state index in [0.717, 1.165) is 12.1 Å². The summed E-state index contributed by atoms with van der Waals surface area (Å²) in [5, 5.41) is 9.13. The lowest BCUT2D eigenvalue weighted by molar-refractivity contribution is 0.0951. The number of hydrogen-bond acceptors (Lipinski definition) is 5. The van der Waals surface area contributed by atoms with Crippen molar-refractivity contribution >= 4 is 17.6 Å². The van der Waals surface area contributed by atoms with Crippen LogP contribution in [0, 0.1) is 0 Å². The zero-order valence-corrected chi connectivity index (χ0v) is 18.2. The molecule has 0 saturated carbocycles. The number of benzene rings is 2. The maximum absolute atomic E-state index is 12.9. The smallest absolute Gasteiger partial charge is 0.322 e. The van der Waals surface area contributed by atoms with Crippen LogP contribution >= 0.6 is 0 Å². The molecule has 1 saturated heterocycles. The summed E-state index contributed by atoms with van der Waals surface area (Å²) < 4.78 is 5.80. The van der Waals surface area contributed by atoms with Crippen molar-refractivity contribution in [3.8, 4) is 5.75 Å². The van der Waals surface area contributed by atoms with Crippen LogP contribution in [0.15, 0.2) is 79.1 Å². The van der Waals surface area contributed by atoms with Crippen LogP contribution in [0.4, 0.5) is 10.5 Å². The number of ether oxygens (including phenoxy) is 1. The maximum atomic E-state index is 12.9. The molecular formula is C25H27N5O3. The minimum absolute atomic E-state index is 0.109. The predicted octanol–water partition coefficient (Wildman–Crippen LogP) is 2.90. The summed E-state index contributed by atoms with van der Waals surface area (Å²) in [5.74, 6) is 0.510. The molecule has 8 nitrogen and oxygen atoms in total. The van der Waals surface area contributed by atoms with E-state index in [1.165, 1.54) is 0 Å². The summed E-state index contributed by atoms with van der Waals surface area (Å²) in [4.78, 5) is 31.1. The largest absolute Gasteiger partial charge is 0.490 e. The first kappa shape index (κ1) is 22.3. The quantitative estimate of drug-likeness (QED) is 0.520. The first-order valence-electron chi connectivity index (χ1n) is 10.9. The van der Waals surface area contributed by atoms with E-state index >= 15 is 0 Å². The highest BCUT2D eigenvalue weighted by atomic mass is 16.5. The molecule has 0 bridgehead atoms. The number of nitrogens with zero attached hydrogens (tertiary/aromatic N) is 2. The van der Waals surface area contributed by atoms with Crippen LogP contribution in [-0.2, 0) is 6.54 Å². The number of hydrogen-bond donors (Lipinski definition) is 3. The number of carbonyl (C=O) groups excluding carboxylic acids is 2. The number of amides is 3. The molecule has 1 aliphatic heterocycles. The molecule has 1 fully saturated rings. The van der Waals surface area contributed by atoms with Gasteiger partial charge in [0.1, 0.15) is 12.4 Å². The van der Waals surface area contributed by atoms with Gasteiger partial charge in [0.25, 0.3) is 5.91 Å². The van der Waals surface area contributed by atoms with Crippen LogP contribution in [0.5, 0.6) is 5.75 Å². The summed E-state index contributed by atoms with van der Waals surface area (Å²) in [6, 6.07) is 20.0. The first-order chi connectivity index (χ1) is 16.2. The fourth-order valence-electron chi connectivity index (χ4n) is 3.58. The van der Waals surface area contributed by atoms with Crippen LogP contribution in [0.2, 0.25) is 0 Å². The Morgan fingerprint density at radius 3 is 2.64 bits per heavy atom. The van der Waals surface area contributed by atoms with Gasteiger partial charge in [-0.25, -0.2) is 4.79 Å². The molecule has 1 aliphatic rings. The van der Waals surface area contributed by atoms with Crippen molar-refractivity contribution in [3.63, 3.8) is 0 Å². The highest BCUT2D eigenvalue weighted by Gasteiger charge is 2.27. The van der Waals surface area contributed by atoms with Crippen molar-refractivity contribution in [3.05, 3.63) is 90.3 Å². The van der Waals surface area contributed by atoms with Crippen molar-refractivity contribution < 1.29 is 14.3 Å². The second-order valence-electron chi connectivity index (χ2n) is 7.73. The number of pyridine rings is 1. The first-order valence-corrected chi connectivity index (χ1v) is 10.9. The van der Waals surface area contributed by atoms with Gasteiger partial charge in [0.2, 0.25) is 0 Å². The molecule has 3 amide bonds. The molecule has 0 aliphatic carbocycles. The summed E-state index contributed by atoms with van der Waals surface area (Å²) in [7, 11) is 0. The van der Waals surface area contributed by atoms with Crippen molar-refractivity contribution in [2.45, 2.75) is 12.6 Å². The van der Waals surface area contributed by atoms with Crippen molar-refractivity contribution in [1.29, 1.82) is 0 Å². The average molecular weight is 446 g/mol. The van der Waals surface area contributed by atoms with Crippen LogP contribution < -0.4 is 20.7 Å². The number of carbonyl (C=O) groups is 2. The fourth-order valence-corrected chi connectivity index (χ4v) is 3.58. The minimum atomic E-state index is -0.197. The molecule has 170 valence electrons. The second-order valence-corrected chi connectivity index (χ2v) is 7.73.